The van der Waals surface area contributed by atoms with E-state index >= 15 is 0 Å². The zero-order valence-electron chi connectivity index (χ0n) is 12.6. The molecule has 1 aromatic carbocycles. The number of carbonyl (C=O) groups excluding carboxylic acids is 1. The molecule has 116 valence electrons. The third-order valence-electron chi connectivity index (χ3n) is 4.04. The number of likely N-dealkylation sites (tertiary alicyclic amines) is 1. The van der Waals surface area contributed by atoms with E-state index in [9.17, 15) is 4.79 Å². The summed E-state index contributed by atoms with van der Waals surface area (Å²) < 4.78 is 5.10. The molecule has 1 fully saturated rings. The molecular weight excluding hydrogens is 296 g/mol. The number of hydrogen-bond donors (Lipinski definition) is 1. The quantitative estimate of drug-likeness (QED) is 0.943. The Morgan fingerprint density at radius 3 is 2.77 bits per heavy atom. The van der Waals surface area contributed by atoms with E-state index in [0.29, 0.717) is 19.7 Å². The van der Waals surface area contributed by atoms with Crippen LogP contribution in [0.3, 0.4) is 0 Å². The molecule has 2 unspecified atom stereocenters. The summed E-state index contributed by atoms with van der Waals surface area (Å²) >= 11 is 1.49. The molecule has 0 aliphatic carbocycles. The number of ether oxygens (including phenoxy) is 1. The second kappa shape index (κ2) is 6.60. The molecule has 1 amide bonds. The fraction of sp³-hybridized carbons (Fsp3) is 0.353. The van der Waals surface area contributed by atoms with Crippen molar-refractivity contribution in [2.75, 3.05) is 20.2 Å². The van der Waals surface area contributed by atoms with Crippen molar-refractivity contribution in [2.45, 2.75) is 18.6 Å². The summed E-state index contributed by atoms with van der Waals surface area (Å²) in [4.78, 5) is 16.3. The van der Waals surface area contributed by atoms with Crippen LogP contribution in [-0.2, 0) is 11.3 Å². The Kier molecular flexibility index (Phi) is 4.57. The van der Waals surface area contributed by atoms with Gasteiger partial charge in [0.1, 0.15) is 0 Å². The van der Waals surface area contributed by atoms with E-state index in [1.165, 1.54) is 16.9 Å². The van der Waals surface area contributed by atoms with Crippen LogP contribution in [0.25, 0.3) is 0 Å². The fourth-order valence-corrected chi connectivity index (χ4v) is 3.86. The first-order chi connectivity index (χ1) is 10.7. The molecule has 0 saturated carbocycles. The number of methoxy groups -OCH3 is 1. The molecule has 22 heavy (non-hydrogen) atoms. The average molecular weight is 316 g/mol. The number of carbonyl (C=O) groups is 1. The van der Waals surface area contributed by atoms with E-state index < -0.39 is 0 Å². The Bertz CT molecular complexity index is 641. The lowest BCUT2D eigenvalue weighted by Crippen LogP contribution is -2.31. The van der Waals surface area contributed by atoms with E-state index in [4.69, 9.17) is 10.5 Å². The molecule has 2 atom stereocenters. The molecule has 3 rings (SSSR count). The van der Waals surface area contributed by atoms with Crippen LogP contribution in [-0.4, -0.2) is 37.0 Å². The Morgan fingerprint density at radius 2 is 2.05 bits per heavy atom. The van der Waals surface area contributed by atoms with Crippen molar-refractivity contribution in [3.05, 3.63) is 57.8 Å². The summed E-state index contributed by atoms with van der Waals surface area (Å²) in [6, 6.07) is 14.0. The highest BCUT2D eigenvalue weighted by Crippen LogP contribution is 2.28. The van der Waals surface area contributed by atoms with Crippen molar-refractivity contribution in [2.24, 2.45) is 5.73 Å². The molecule has 1 aliphatic rings. The van der Waals surface area contributed by atoms with Gasteiger partial charge in [0.2, 0.25) is 0 Å². The fourth-order valence-electron chi connectivity index (χ4n) is 2.92. The van der Waals surface area contributed by atoms with Crippen LogP contribution >= 0.6 is 11.3 Å². The van der Waals surface area contributed by atoms with Crippen molar-refractivity contribution in [1.29, 1.82) is 0 Å². The Hall–Kier alpha value is -1.69. The monoisotopic (exact) mass is 316 g/mol. The molecule has 2 N–H and O–H groups in total. The van der Waals surface area contributed by atoms with E-state index in [2.05, 4.69) is 12.1 Å². The number of hydrogen-bond acceptors (Lipinski definition) is 4. The van der Waals surface area contributed by atoms with Crippen LogP contribution in [0.2, 0.25) is 0 Å². The number of nitrogens with two attached hydrogens (primary N) is 1. The van der Waals surface area contributed by atoms with Crippen LogP contribution in [0.4, 0.5) is 0 Å². The Labute approximate surface area is 134 Å². The molecule has 4 nitrogen and oxygen atoms in total. The summed E-state index contributed by atoms with van der Waals surface area (Å²) in [7, 11) is 1.66. The topological polar surface area (TPSA) is 55.6 Å². The predicted octanol–water partition coefficient (Wildman–Crippen LogP) is 2.46. The minimum atomic E-state index is -0.00948. The Morgan fingerprint density at radius 1 is 1.27 bits per heavy atom. The van der Waals surface area contributed by atoms with E-state index in [0.717, 1.165) is 9.75 Å². The number of thiophene rings is 1. The van der Waals surface area contributed by atoms with Crippen LogP contribution in [0.1, 0.15) is 26.0 Å². The maximum absolute atomic E-state index is 12.6. The summed E-state index contributed by atoms with van der Waals surface area (Å²) in [5, 5.41) is 0. The summed E-state index contributed by atoms with van der Waals surface area (Å²) in [5.74, 6) is 0.282. The second-order valence-corrected chi connectivity index (χ2v) is 6.76. The molecule has 0 radical (unpaired) electrons. The van der Waals surface area contributed by atoms with Gasteiger partial charge in [0.15, 0.2) is 0 Å². The highest BCUT2D eigenvalue weighted by molar-refractivity contribution is 7.14. The van der Waals surface area contributed by atoms with Crippen molar-refractivity contribution in [3.8, 4) is 0 Å². The summed E-state index contributed by atoms with van der Waals surface area (Å²) in [6.45, 7) is 1.83. The van der Waals surface area contributed by atoms with Crippen LogP contribution < -0.4 is 5.73 Å². The first-order valence-electron chi connectivity index (χ1n) is 7.36. The van der Waals surface area contributed by atoms with Gasteiger partial charge in [-0.2, -0.15) is 0 Å². The number of benzene rings is 1. The Balaban J connectivity index is 1.72. The van der Waals surface area contributed by atoms with Gasteiger partial charge < -0.3 is 15.4 Å². The molecule has 2 aromatic rings. The molecular formula is C17H20N2O2S. The molecule has 1 aliphatic heterocycles. The van der Waals surface area contributed by atoms with Gasteiger partial charge in [-0.25, -0.2) is 0 Å². The van der Waals surface area contributed by atoms with Crippen LogP contribution in [0.15, 0.2) is 42.5 Å². The lowest BCUT2D eigenvalue weighted by molar-refractivity contribution is 0.0794. The molecule has 2 heterocycles. The van der Waals surface area contributed by atoms with Gasteiger partial charge >= 0.3 is 0 Å². The zero-order chi connectivity index (χ0) is 15.5. The molecule has 1 aromatic heterocycles. The van der Waals surface area contributed by atoms with Gasteiger partial charge in [-0.15, -0.1) is 11.3 Å². The standard InChI is InChI=1S/C17H20N2O2S/c1-21-11-13-7-8-16(22-13)17(20)19-9-14(15(18)10-19)12-5-3-2-4-6-12/h2-8,14-15H,9-11,18H2,1H3. The highest BCUT2D eigenvalue weighted by atomic mass is 32.1. The lowest BCUT2D eigenvalue weighted by Gasteiger charge is -2.15. The maximum Gasteiger partial charge on any atom is 0.264 e. The van der Waals surface area contributed by atoms with Gasteiger partial charge in [0.25, 0.3) is 5.91 Å². The van der Waals surface area contributed by atoms with Gasteiger partial charge in [-0.1, -0.05) is 30.3 Å². The minimum absolute atomic E-state index is 0.00948. The predicted molar refractivity (Wildman–Crippen MR) is 88.1 cm³/mol. The third kappa shape index (κ3) is 3.06. The minimum Gasteiger partial charge on any atom is -0.379 e. The summed E-state index contributed by atoms with van der Waals surface area (Å²) in [6.07, 6.45) is 0. The van der Waals surface area contributed by atoms with E-state index in [1.807, 2.05) is 35.2 Å². The van der Waals surface area contributed by atoms with Gasteiger partial charge in [-0.05, 0) is 17.7 Å². The van der Waals surface area contributed by atoms with E-state index in [1.54, 1.807) is 7.11 Å². The van der Waals surface area contributed by atoms with Gasteiger partial charge in [0, 0.05) is 37.0 Å². The number of amides is 1. The second-order valence-electron chi connectivity index (χ2n) is 5.59. The normalized spacial score (nSPS) is 21.3. The average Bonchev–Trinajstić information content (AvgIpc) is 3.15. The lowest BCUT2D eigenvalue weighted by atomic mass is 9.95. The maximum atomic E-state index is 12.6. The van der Waals surface area contributed by atoms with Crippen molar-refractivity contribution >= 4 is 17.2 Å². The van der Waals surface area contributed by atoms with E-state index in [-0.39, 0.29) is 17.9 Å². The van der Waals surface area contributed by atoms with Gasteiger partial charge in [0.05, 0.1) is 11.5 Å². The molecule has 0 spiro atoms. The van der Waals surface area contributed by atoms with Crippen molar-refractivity contribution in [3.63, 3.8) is 0 Å². The first kappa shape index (κ1) is 15.2. The van der Waals surface area contributed by atoms with Crippen LogP contribution in [0.5, 0.6) is 0 Å². The molecule has 0 bridgehead atoms. The smallest absolute Gasteiger partial charge is 0.264 e. The molecule has 1 saturated heterocycles. The van der Waals surface area contributed by atoms with Crippen LogP contribution in [0, 0.1) is 0 Å². The molecule has 5 heteroatoms. The number of rotatable bonds is 4. The first-order valence-corrected chi connectivity index (χ1v) is 8.18. The summed E-state index contributed by atoms with van der Waals surface area (Å²) in [5.41, 5.74) is 7.46. The highest BCUT2D eigenvalue weighted by Gasteiger charge is 2.34. The zero-order valence-corrected chi connectivity index (χ0v) is 13.4. The van der Waals surface area contributed by atoms with Gasteiger partial charge in [-0.3, -0.25) is 4.79 Å². The van der Waals surface area contributed by atoms with Crippen molar-refractivity contribution in [1.82, 2.24) is 4.90 Å². The number of nitrogens with zero attached hydrogens (tertiary/aromatic N) is 1. The van der Waals surface area contributed by atoms with Crippen molar-refractivity contribution < 1.29 is 9.53 Å². The largest absolute Gasteiger partial charge is 0.379 e. The third-order valence-corrected chi connectivity index (χ3v) is 5.09. The SMILES string of the molecule is COCc1ccc(C(=O)N2CC(N)C(c3ccccc3)C2)s1.